The summed E-state index contributed by atoms with van der Waals surface area (Å²) < 4.78 is 29.1. The first-order chi connectivity index (χ1) is 14.0. The third-order valence-electron chi connectivity index (χ3n) is 4.99. The van der Waals surface area contributed by atoms with Crippen LogP contribution in [0.15, 0.2) is 42.5 Å². The normalized spacial score (nSPS) is 16.1. The molecule has 1 atom stereocenters. The lowest BCUT2D eigenvalue weighted by Crippen LogP contribution is -2.22. The predicted octanol–water partition coefficient (Wildman–Crippen LogP) is 3.77. The number of rotatable bonds is 6. The lowest BCUT2D eigenvalue weighted by Gasteiger charge is -2.09. The third-order valence-corrected chi connectivity index (χ3v) is 4.99. The number of nitrogens with one attached hydrogen (secondary N) is 1. The van der Waals surface area contributed by atoms with Crippen LogP contribution in [0.5, 0.6) is 5.75 Å². The highest BCUT2D eigenvalue weighted by Gasteiger charge is 2.30. The van der Waals surface area contributed by atoms with E-state index in [-0.39, 0.29) is 18.8 Å². The van der Waals surface area contributed by atoms with Gasteiger partial charge in [-0.2, -0.15) is 0 Å². The molecule has 1 fully saturated rings. The number of cyclic esters (lactones) is 1. The second kappa shape index (κ2) is 7.95. The SMILES string of the molecule is COc1ccc(-c2[nH]c3ccc(F)cc3c2CCC(=O)OC2CCOC2=O)cc1. The fraction of sp³-hybridized carbons (Fsp3) is 0.273. The van der Waals surface area contributed by atoms with Crippen LogP contribution in [-0.4, -0.2) is 36.7 Å². The van der Waals surface area contributed by atoms with Crippen molar-refractivity contribution in [1.82, 2.24) is 4.98 Å². The van der Waals surface area contributed by atoms with E-state index >= 15 is 0 Å². The lowest BCUT2D eigenvalue weighted by molar-refractivity contribution is -0.160. The number of esters is 2. The van der Waals surface area contributed by atoms with Crippen LogP contribution in [0.1, 0.15) is 18.4 Å². The predicted molar refractivity (Wildman–Crippen MR) is 104 cm³/mol. The first kappa shape index (κ1) is 19.0. The Bertz CT molecular complexity index is 1060. The maximum absolute atomic E-state index is 13.9. The van der Waals surface area contributed by atoms with E-state index in [0.717, 1.165) is 28.1 Å². The van der Waals surface area contributed by atoms with Gasteiger partial charge in [0.15, 0.2) is 0 Å². The van der Waals surface area contributed by atoms with Crippen molar-refractivity contribution in [2.45, 2.75) is 25.4 Å². The van der Waals surface area contributed by atoms with Gasteiger partial charge in [-0.05, 0) is 60.0 Å². The minimum Gasteiger partial charge on any atom is -0.497 e. The number of ether oxygens (including phenoxy) is 3. The Morgan fingerprint density at radius 1 is 1.24 bits per heavy atom. The molecule has 6 nitrogen and oxygen atoms in total. The highest BCUT2D eigenvalue weighted by atomic mass is 19.1. The summed E-state index contributed by atoms with van der Waals surface area (Å²) in [7, 11) is 1.60. The smallest absolute Gasteiger partial charge is 0.347 e. The molecule has 150 valence electrons. The van der Waals surface area contributed by atoms with E-state index in [1.807, 2.05) is 24.3 Å². The number of benzene rings is 2. The number of halogens is 1. The fourth-order valence-electron chi connectivity index (χ4n) is 3.51. The Kier molecular flexibility index (Phi) is 5.20. The number of carbonyl (C=O) groups excluding carboxylic acids is 2. The molecule has 1 aliphatic heterocycles. The van der Waals surface area contributed by atoms with Gasteiger partial charge >= 0.3 is 11.9 Å². The standard InChI is InChI=1S/C22H20FNO5/c1-27-15-5-2-13(3-6-15)21-16(17-12-14(23)4-8-18(17)24-21)7-9-20(25)29-19-10-11-28-22(19)26/h2-6,8,12,19,24H,7,9-11H2,1H3. The molecular weight excluding hydrogens is 377 g/mol. The van der Waals surface area contributed by atoms with Crippen molar-refractivity contribution >= 4 is 22.8 Å². The van der Waals surface area contributed by atoms with E-state index < -0.39 is 18.0 Å². The van der Waals surface area contributed by atoms with Gasteiger partial charge in [-0.25, -0.2) is 9.18 Å². The number of hydrogen-bond acceptors (Lipinski definition) is 5. The van der Waals surface area contributed by atoms with E-state index in [4.69, 9.17) is 14.2 Å². The molecule has 1 N–H and O–H groups in total. The first-order valence-electron chi connectivity index (χ1n) is 9.36. The summed E-state index contributed by atoms with van der Waals surface area (Å²) in [6.45, 7) is 0.264. The number of H-pyrrole nitrogens is 1. The van der Waals surface area contributed by atoms with Gasteiger partial charge in [-0.15, -0.1) is 0 Å². The molecule has 4 rings (SSSR count). The van der Waals surface area contributed by atoms with E-state index in [9.17, 15) is 14.0 Å². The molecule has 0 bridgehead atoms. The quantitative estimate of drug-likeness (QED) is 0.641. The highest BCUT2D eigenvalue weighted by molar-refractivity contribution is 5.91. The van der Waals surface area contributed by atoms with Crippen molar-refractivity contribution in [2.24, 2.45) is 0 Å². The van der Waals surface area contributed by atoms with Crippen molar-refractivity contribution in [3.8, 4) is 17.0 Å². The Hall–Kier alpha value is -3.35. The maximum Gasteiger partial charge on any atom is 0.347 e. The van der Waals surface area contributed by atoms with Gasteiger partial charge in [-0.3, -0.25) is 4.79 Å². The van der Waals surface area contributed by atoms with Crippen molar-refractivity contribution in [1.29, 1.82) is 0 Å². The number of carbonyl (C=O) groups is 2. The highest BCUT2D eigenvalue weighted by Crippen LogP contribution is 2.33. The summed E-state index contributed by atoms with van der Waals surface area (Å²) >= 11 is 0. The van der Waals surface area contributed by atoms with Crippen molar-refractivity contribution in [3.63, 3.8) is 0 Å². The van der Waals surface area contributed by atoms with Crippen LogP contribution in [0, 0.1) is 5.82 Å². The van der Waals surface area contributed by atoms with E-state index in [0.29, 0.717) is 18.2 Å². The van der Waals surface area contributed by atoms with Gasteiger partial charge in [0.05, 0.1) is 13.7 Å². The lowest BCUT2D eigenvalue weighted by atomic mass is 10.0. The van der Waals surface area contributed by atoms with Gasteiger partial charge in [0.25, 0.3) is 0 Å². The molecule has 1 saturated heterocycles. The second-order valence-corrected chi connectivity index (χ2v) is 6.83. The van der Waals surface area contributed by atoms with Crippen LogP contribution in [0.3, 0.4) is 0 Å². The molecule has 0 saturated carbocycles. The molecule has 0 spiro atoms. The minimum absolute atomic E-state index is 0.0659. The summed E-state index contributed by atoms with van der Waals surface area (Å²) in [5, 5.41) is 0.712. The van der Waals surface area contributed by atoms with Crippen LogP contribution in [0.25, 0.3) is 22.2 Å². The van der Waals surface area contributed by atoms with Gasteiger partial charge in [0.2, 0.25) is 6.10 Å². The Labute approximate surface area is 166 Å². The number of aryl methyl sites for hydroxylation is 1. The molecule has 3 aromatic rings. The summed E-state index contributed by atoms with van der Waals surface area (Å²) in [6, 6.07) is 12.0. The van der Waals surface area contributed by atoms with E-state index in [2.05, 4.69) is 4.98 Å². The average molecular weight is 397 g/mol. The molecular formula is C22H20FNO5. The van der Waals surface area contributed by atoms with Crippen molar-refractivity contribution in [3.05, 3.63) is 53.8 Å². The van der Waals surface area contributed by atoms with Gasteiger partial charge < -0.3 is 19.2 Å². The van der Waals surface area contributed by atoms with Crippen LogP contribution in [0.2, 0.25) is 0 Å². The Morgan fingerprint density at radius 2 is 2.03 bits per heavy atom. The van der Waals surface area contributed by atoms with Crippen LogP contribution >= 0.6 is 0 Å². The molecule has 7 heteroatoms. The number of aromatic amines is 1. The number of fused-ring (bicyclic) bond motifs is 1. The molecule has 2 heterocycles. The molecule has 0 aliphatic carbocycles. The zero-order valence-corrected chi connectivity index (χ0v) is 15.9. The molecule has 29 heavy (non-hydrogen) atoms. The maximum atomic E-state index is 13.9. The van der Waals surface area contributed by atoms with E-state index in [1.165, 1.54) is 12.1 Å². The fourth-order valence-corrected chi connectivity index (χ4v) is 3.51. The van der Waals surface area contributed by atoms with E-state index in [1.54, 1.807) is 13.2 Å². The van der Waals surface area contributed by atoms with Crippen molar-refractivity contribution in [2.75, 3.05) is 13.7 Å². The number of aromatic nitrogens is 1. The zero-order chi connectivity index (χ0) is 20.4. The minimum atomic E-state index is -0.830. The van der Waals surface area contributed by atoms with Crippen molar-refractivity contribution < 1.29 is 28.2 Å². The Balaban J connectivity index is 1.61. The zero-order valence-electron chi connectivity index (χ0n) is 15.9. The molecule has 2 aromatic carbocycles. The molecule has 1 unspecified atom stereocenters. The molecule has 0 amide bonds. The monoisotopic (exact) mass is 397 g/mol. The van der Waals surface area contributed by atoms with Gasteiger partial charge in [0, 0.05) is 29.4 Å². The largest absolute Gasteiger partial charge is 0.497 e. The third kappa shape index (κ3) is 3.94. The number of hydrogen-bond donors (Lipinski definition) is 1. The molecule has 1 aliphatic rings. The summed E-state index contributed by atoms with van der Waals surface area (Å²) in [6.07, 6.45) is -0.0501. The summed E-state index contributed by atoms with van der Waals surface area (Å²) in [4.78, 5) is 27.0. The number of methoxy groups -OCH3 is 1. The average Bonchev–Trinajstić information content (AvgIpc) is 3.29. The van der Waals surface area contributed by atoms with Crippen LogP contribution in [-0.2, 0) is 25.5 Å². The van der Waals surface area contributed by atoms with Gasteiger partial charge in [-0.1, -0.05) is 0 Å². The van der Waals surface area contributed by atoms with Crippen LogP contribution in [0.4, 0.5) is 4.39 Å². The summed E-state index contributed by atoms with van der Waals surface area (Å²) in [5.74, 6) is -0.619. The topological polar surface area (TPSA) is 77.6 Å². The molecule has 0 radical (unpaired) electrons. The Morgan fingerprint density at radius 3 is 2.72 bits per heavy atom. The first-order valence-corrected chi connectivity index (χ1v) is 9.36. The summed E-state index contributed by atoms with van der Waals surface area (Å²) in [5.41, 5.74) is 3.29. The second-order valence-electron chi connectivity index (χ2n) is 6.83. The molecule has 1 aromatic heterocycles. The van der Waals surface area contributed by atoms with Crippen LogP contribution < -0.4 is 4.74 Å². The van der Waals surface area contributed by atoms with Gasteiger partial charge in [0.1, 0.15) is 11.6 Å².